The maximum absolute atomic E-state index is 11.8. The van der Waals surface area contributed by atoms with E-state index in [0.29, 0.717) is 16.5 Å². The second kappa shape index (κ2) is 6.08. The molecule has 0 saturated heterocycles. The number of H-pyrrole nitrogens is 1. The van der Waals surface area contributed by atoms with Crippen LogP contribution in [0.4, 0.5) is 5.69 Å². The predicted octanol–water partition coefficient (Wildman–Crippen LogP) is 1.30. The highest BCUT2D eigenvalue weighted by Crippen LogP contribution is 2.29. The number of carbonyl (C=O) groups excluding carboxylic acids is 2. The highest BCUT2D eigenvalue weighted by molar-refractivity contribution is 6.04. The van der Waals surface area contributed by atoms with Crippen molar-refractivity contribution in [2.45, 2.75) is 6.92 Å². The summed E-state index contributed by atoms with van der Waals surface area (Å²) in [5.41, 5.74) is 0.937. The van der Waals surface area contributed by atoms with E-state index in [1.165, 1.54) is 26.1 Å². The summed E-state index contributed by atoms with van der Waals surface area (Å²) in [6.45, 7) is 1.27. The minimum atomic E-state index is -0.497. The Kier molecular flexibility index (Phi) is 4.21. The van der Waals surface area contributed by atoms with Crippen molar-refractivity contribution in [3.63, 3.8) is 0 Å². The number of fused-ring (bicyclic) bond motifs is 1. The highest BCUT2D eigenvalue weighted by Gasteiger charge is 2.17. The fourth-order valence-electron chi connectivity index (χ4n) is 2.10. The van der Waals surface area contributed by atoms with Gasteiger partial charge >= 0.3 is 0 Å². The molecule has 0 atom stereocenters. The number of nitro benzene ring substituents is 1. The Hall–Kier alpha value is -3.16. The Morgan fingerprint density at radius 3 is 2.68 bits per heavy atom. The van der Waals surface area contributed by atoms with Gasteiger partial charge < -0.3 is 15.6 Å². The third kappa shape index (κ3) is 2.95. The monoisotopic (exact) mass is 302 g/mol. The summed E-state index contributed by atoms with van der Waals surface area (Å²) in [6.07, 6.45) is 2.94. The zero-order valence-electron chi connectivity index (χ0n) is 12.0. The number of nitrogens with one attached hydrogen (secondary N) is 3. The lowest BCUT2D eigenvalue weighted by molar-refractivity contribution is -0.383. The van der Waals surface area contributed by atoms with Crippen molar-refractivity contribution in [2.24, 2.45) is 0 Å². The molecule has 0 unspecified atom stereocenters. The Labute approximate surface area is 125 Å². The van der Waals surface area contributed by atoms with Gasteiger partial charge in [-0.15, -0.1) is 0 Å². The lowest BCUT2D eigenvalue weighted by Crippen LogP contribution is -2.31. The molecule has 0 aliphatic carbocycles. The lowest BCUT2D eigenvalue weighted by atomic mass is 10.1. The van der Waals surface area contributed by atoms with Crippen LogP contribution in [0.5, 0.6) is 0 Å². The summed E-state index contributed by atoms with van der Waals surface area (Å²) in [6, 6.07) is 4.64. The molecule has 114 valence electrons. The molecule has 2 rings (SSSR count). The van der Waals surface area contributed by atoms with Gasteiger partial charge in [0.2, 0.25) is 5.91 Å². The van der Waals surface area contributed by atoms with Crippen LogP contribution in [0.1, 0.15) is 12.5 Å². The lowest BCUT2D eigenvalue weighted by Gasteiger charge is -2.06. The molecule has 0 bridgehead atoms. The van der Waals surface area contributed by atoms with E-state index >= 15 is 0 Å². The van der Waals surface area contributed by atoms with Crippen LogP contribution in [0.3, 0.4) is 0 Å². The second-order valence-corrected chi connectivity index (χ2v) is 4.52. The van der Waals surface area contributed by atoms with Crippen molar-refractivity contribution in [3.05, 3.63) is 45.8 Å². The number of non-ortho nitro benzene ring substituents is 1. The number of nitrogens with zero attached hydrogens (tertiary/aromatic N) is 1. The number of hydrogen-bond donors (Lipinski definition) is 3. The molecule has 22 heavy (non-hydrogen) atoms. The first-order chi connectivity index (χ1) is 10.4. The average Bonchev–Trinajstić information content (AvgIpc) is 2.88. The van der Waals surface area contributed by atoms with Crippen molar-refractivity contribution in [3.8, 4) is 0 Å². The van der Waals surface area contributed by atoms with E-state index in [1.54, 1.807) is 18.3 Å². The number of amides is 2. The molecular weight excluding hydrogens is 288 g/mol. The van der Waals surface area contributed by atoms with Gasteiger partial charge in [-0.1, -0.05) is 6.07 Å². The largest absolute Gasteiger partial charge is 0.360 e. The molecule has 0 radical (unpaired) electrons. The van der Waals surface area contributed by atoms with Gasteiger partial charge in [-0.25, -0.2) is 0 Å². The maximum Gasteiger partial charge on any atom is 0.279 e. The van der Waals surface area contributed by atoms with Crippen LogP contribution in [0.2, 0.25) is 0 Å². The van der Waals surface area contributed by atoms with Gasteiger partial charge in [0, 0.05) is 31.8 Å². The standard InChI is InChI=1S/C14H14N4O4/c1-8(19)17-11(14(20)15-2)6-9-7-16-10-4-3-5-12(13(9)10)18(21)22/h3-7,16H,1-2H3,(H,15,20)(H,17,19)/b11-6-. The van der Waals surface area contributed by atoms with E-state index in [1.807, 2.05) is 0 Å². The number of nitro groups is 1. The van der Waals surface area contributed by atoms with Crippen molar-refractivity contribution in [2.75, 3.05) is 7.05 Å². The minimum Gasteiger partial charge on any atom is -0.360 e. The summed E-state index contributed by atoms with van der Waals surface area (Å²) < 4.78 is 0. The molecule has 3 N–H and O–H groups in total. The van der Waals surface area contributed by atoms with Crippen molar-refractivity contribution in [1.29, 1.82) is 0 Å². The number of rotatable bonds is 4. The second-order valence-electron chi connectivity index (χ2n) is 4.52. The zero-order chi connectivity index (χ0) is 16.3. The molecule has 0 aliphatic heterocycles. The first kappa shape index (κ1) is 15.2. The molecule has 1 aromatic carbocycles. The Balaban J connectivity index is 2.62. The van der Waals surface area contributed by atoms with Crippen LogP contribution >= 0.6 is 0 Å². The van der Waals surface area contributed by atoms with E-state index in [9.17, 15) is 19.7 Å². The molecule has 8 nitrogen and oxygen atoms in total. The number of aromatic nitrogens is 1. The first-order valence-corrected chi connectivity index (χ1v) is 6.40. The summed E-state index contributed by atoms with van der Waals surface area (Å²) in [5.74, 6) is -0.910. The van der Waals surface area contributed by atoms with Gasteiger partial charge in [0.1, 0.15) is 5.70 Å². The molecule has 2 aromatic rings. The number of hydrogen-bond acceptors (Lipinski definition) is 4. The predicted molar refractivity (Wildman–Crippen MR) is 80.8 cm³/mol. The van der Waals surface area contributed by atoms with Gasteiger partial charge in [0.05, 0.1) is 15.8 Å². The van der Waals surface area contributed by atoms with Crippen LogP contribution in [-0.2, 0) is 9.59 Å². The summed E-state index contributed by atoms with van der Waals surface area (Å²) in [4.78, 5) is 36.5. The third-order valence-electron chi connectivity index (χ3n) is 2.99. The molecule has 0 fully saturated rings. The third-order valence-corrected chi connectivity index (χ3v) is 2.99. The van der Waals surface area contributed by atoms with Crippen molar-refractivity contribution in [1.82, 2.24) is 15.6 Å². The topological polar surface area (TPSA) is 117 Å². The highest BCUT2D eigenvalue weighted by atomic mass is 16.6. The quantitative estimate of drug-likeness (QED) is 0.448. The molecule has 2 amide bonds. The van der Waals surface area contributed by atoms with Crippen LogP contribution in [-0.4, -0.2) is 28.8 Å². The Morgan fingerprint density at radius 1 is 1.36 bits per heavy atom. The van der Waals surface area contributed by atoms with Crippen molar-refractivity contribution >= 4 is 34.5 Å². The van der Waals surface area contributed by atoms with Crippen molar-refractivity contribution < 1.29 is 14.5 Å². The SMILES string of the molecule is CNC(=O)/C(=C/c1c[nH]c2cccc([N+](=O)[O-])c12)NC(C)=O. The minimum absolute atomic E-state index is 0.00838. The number of carbonyl (C=O) groups is 2. The first-order valence-electron chi connectivity index (χ1n) is 6.40. The number of likely N-dealkylation sites (N-methyl/N-ethyl adjacent to an activating group) is 1. The smallest absolute Gasteiger partial charge is 0.279 e. The van der Waals surface area contributed by atoms with Gasteiger partial charge in [-0.05, 0) is 12.1 Å². The van der Waals surface area contributed by atoms with Crippen LogP contribution in [0.25, 0.3) is 17.0 Å². The van der Waals surface area contributed by atoms with Crippen LogP contribution in [0, 0.1) is 10.1 Å². The average molecular weight is 302 g/mol. The number of aromatic amines is 1. The summed E-state index contributed by atoms with van der Waals surface area (Å²) >= 11 is 0. The van der Waals surface area contributed by atoms with E-state index in [0.717, 1.165) is 0 Å². The molecule has 1 aromatic heterocycles. The van der Waals surface area contributed by atoms with E-state index in [2.05, 4.69) is 15.6 Å². The fourth-order valence-corrected chi connectivity index (χ4v) is 2.10. The van der Waals surface area contributed by atoms with E-state index in [-0.39, 0.29) is 11.4 Å². The molecule has 1 heterocycles. The molecule has 0 aliphatic rings. The van der Waals surface area contributed by atoms with Gasteiger partial charge in [-0.2, -0.15) is 0 Å². The molecule has 0 spiro atoms. The molecule has 0 saturated carbocycles. The number of benzene rings is 1. The van der Waals surface area contributed by atoms with Crippen LogP contribution in [0.15, 0.2) is 30.1 Å². The van der Waals surface area contributed by atoms with Gasteiger partial charge in [-0.3, -0.25) is 19.7 Å². The molecule has 8 heteroatoms. The van der Waals surface area contributed by atoms with E-state index in [4.69, 9.17) is 0 Å². The Morgan fingerprint density at radius 2 is 2.09 bits per heavy atom. The normalized spacial score (nSPS) is 11.3. The Bertz CT molecular complexity index is 791. The maximum atomic E-state index is 11.8. The molecular formula is C14H14N4O4. The van der Waals surface area contributed by atoms with Gasteiger partial charge in [0.25, 0.3) is 11.6 Å². The fraction of sp³-hybridized carbons (Fsp3) is 0.143. The van der Waals surface area contributed by atoms with Gasteiger partial charge in [0.15, 0.2) is 0 Å². The summed E-state index contributed by atoms with van der Waals surface area (Å²) in [7, 11) is 1.43. The zero-order valence-corrected chi connectivity index (χ0v) is 12.0. The van der Waals surface area contributed by atoms with Crippen LogP contribution < -0.4 is 10.6 Å². The van der Waals surface area contributed by atoms with E-state index < -0.39 is 16.7 Å². The summed E-state index contributed by atoms with van der Waals surface area (Å²) in [5, 5.41) is 16.3.